The van der Waals surface area contributed by atoms with E-state index < -0.39 is 24.7 Å². The average Bonchev–Trinajstić information content (AvgIpc) is 2.52. The van der Waals surface area contributed by atoms with E-state index in [1.807, 2.05) is 0 Å². The van der Waals surface area contributed by atoms with E-state index in [0.29, 0.717) is 25.1 Å². The molecule has 138 valence electrons. The lowest BCUT2D eigenvalue weighted by Gasteiger charge is -2.35. The van der Waals surface area contributed by atoms with Crippen molar-refractivity contribution in [3.05, 3.63) is 29.8 Å². The van der Waals surface area contributed by atoms with Gasteiger partial charge in [-0.1, -0.05) is 19.1 Å². The molecule has 1 aromatic rings. The Morgan fingerprint density at radius 2 is 2.08 bits per heavy atom. The monoisotopic (exact) mass is 359 g/mol. The quantitative estimate of drug-likeness (QED) is 0.878. The molecule has 1 heterocycles. The molecule has 8 heteroatoms. The van der Waals surface area contributed by atoms with Crippen molar-refractivity contribution in [2.45, 2.75) is 25.9 Å². The first kappa shape index (κ1) is 19.1. The minimum atomic E-state index is -4.42. The molecule has 1 amide bonds. The highest BCUT2D eigenvalue weighted by Crippen LogP contribution is 2.25. The number of carboxylic acid groups (broad SMARTS) is 1. The number of hydrogen-bond acceptors (Lipinski definition) is 3. The third-order valence-electron chi connectivity index (χ3n) is 4.23. The largest absolute Gasteiger partial charge is 0.484 e. The van der Waals surface area contributed by atoms with Crippen LogP contribution < -0.4 is 4.74 Å². The van der Waals surface area contributed by atoms with Gasteiger partial charge in [-0.3, -0.25) is 9.59 Å². The third kappa shape index (κ3) is 5.65. The molecule has 1 saturated heterocycles. The standard InChI is InChI=1S/C17H20F3NO4/c1-11-9-21(6-5-14(11)16(23)24)15(22)8-12-3-2-4-13(7-12)25-10-17(18,19)20/h2-4,7,11,14H,5-6,8-10H2,1H3,(H,23,24). The molecule has 1 aliphatic heterocycles. The van der Waals surface area contributed by atoms with Gasteiger partial charge in [0.1, 0.15) is 5.75 Å². The predicted octanol–water partition coefficient (Wildman–Crippen LogP) is 2.74. The van der Waals surface area contributed by atoms with Gasteiger partial charge in [0.05, 0.1) is 12.3 Å². The maximum absolute atomic E-state index is 12.4. The highest BCUT2D eigenvalue weighted by atomic mass is 19.4. The van der Waals surface area contributed by atoms with Crippen LogP contribution >= 0.6 is 0 Å². The molecule has 1 N–H and O–H groups in total. The molecule has 0 spiro atoms. The van der Waals surface area contributed by atoms with Crippen molar-refractivity contribution in [2.24, 2.45) is 11.8 Å². The number of aliphatic carboxylic acids is 1. The van der Waals surface area contributed by atoms with Crippen LogP contribution in [0.4, 0.5) is 13.2 Å². The van der Waals surface area contributed by atoms with Crippen LogP contribution in [0.25, 0.3) is 0 Å². The summed E-state index contributed by atoms with van der Waals surface area (Å²) in [7, 11) is 0. The summed E-state index contributed by atoms with van der Waals surface area (Å²) in [5.74, 6) is -1.57. The Kier molecular flexibility index (Phi) is 5.92. The Hall–Kier alpha value is -2.25. The number of carbonyl (C=O) groups excluding carboxylic acids is 1. The van der Waals surface area contributed by atoms with Crippen LogP contribution in [0.3, 0.4) is 0 Å². The number of alkyl halides is 3. The summed E-state index contributed by atoms with van der Waals surface area (Å²) in [5.41, 5.74) is 0.553. The van der Waals surface area contributed by atoms with Crippen LogP contribution in [-0.4, -0.2) is 47.8 Å². The van der Waals surface area contributed by atoms with Crippen molar-refractivity contribution in [2.75, 3.05) is 19.7 Å². The van der Waals surface area contributed by atoms with E-state index in [1.54, 1.807) is 17.9 Å². The summed E-state index contributed by atoms with van der Waals surface area (Å²) in [5, 5.41) is 9.11. The number of benzene rings is 1. The number of carboxylic acids is 1. The number of amides is 1. The van der Waals surface area contributed by atoms with E-state index in [2.05, 4.69) is 4.74 Å². The smallest absolute Gasteiger partial charge is 0.422 e. The maximum atomic E-state index is 12.4. The SMILES string of the molecule is CC1CN(C(=O)Cc2cccc(OCC(F)(F)F)c2)CCC1C(=O)O. The van der Waals surface area contributed by atoms with Gasteiger partial charge in [0, 0.05) is 13.1 Å². The predicted molar refractivity (Wildman–Crippen MR) is 83.2 cm³/mol. The molecule has 1 aromatic carbocycles. The summed E-state index contributed by atoms with van der Waals surface area (Å²) in [4.78, 5) is 25.1. The van der Waals surface area contributed by atoms with E-state index in [0.717, 1.165) is 0 Å². The number of carbonyl (C=O) groups is 2. The molecule has 1 aliphatic rings. The molecular weight excluding hydrogens is 339 g/mol. The van der Waals surface area contributed by atoms with E-state index in [1.165, 1.54) is 18.2 Å². The zero-order chi connectivity index (χ0) is 18.6. The van der Waals surface area contributed by atoms with Crippen molar-refractivity contribution >= 4 is 11.9 Å². The Balaban J connectivity index is 1.93. The lowest BCUT2D eigenvalue weighted by Crippen LogP contribution is -2.45. The first-order chi connectivity index (χ1) is 11.7. The van der Waals surface area contributed by atoms with Crippen LogP contribution in [0.2, 0.25) is 0 Å². The summed E-state index contributed by atoms with van der Waals surface area (Å²) in [6, 6.07) is 6.00. The van der Waals surface area contributed by atoms with Gasteiger partial charge in [-0.25, -0.2) is 0 Å². The van der Waals surface area contributed by atoms with Crippen LogP contribution in [0, 0.1) is 11.8 Å². The van der Waals surface area contributed by atoms with Gasteiger partial charge in [-0.15, -0.1) is 0 Å². The van der Waals surface area contributed by atoms with Gasteiger partial charge < -0.3 is 14.7 Å². The van der Waals surface area contributed by atoms with Gasteiger partial charge in [-0.05, 0) is 30.0 Å². The van der Waals surface area contributed by atoms with Crippen molar-refractivity contribution in [3.63, 3.8) is 0 Å². The molecule has 25 heavy (non-hydrogen) atoms. The first-order valence-electron chi connectivity index (χ1n) is 7.95. The molecule has 2 atom stereocenters. The summed E-state index contributed by atoms with van der Waals surface area (Å²) >= 11 is 0. The number of nitrogens with zero attached hydrogens (tertiary/aromatic N) is 1. The fourth-order valence-electron chi connectivity index (χ4n) is 2.94. The van der Waals surface area contributed by atoms with Crippen LogP contribution in [0.5, 0.6) is 5.75 Å². The van der Waals surface area contributed by atoms with Gasteiger partial charge >= 0.3 is 12.1 Å². The highest BCUT2D eigenvalue weighted by Gasteiger charge is 2.33. The van der Waals surface area contributed by atoms with Crippen molar-refractivity contribution < 1.29 is 32.6 Å². The molecule has 5 nitrogen and oxygen atoms in total. The Morgan fingerprint density at radius 3 is 2.68 bits per heavy atom. The molecule has 0 bridgehead atoms. The van der Waals surface area contributed by atoms with Crippen molar-refractivity contribution in [3.8, 4) is 5.75 Å². The average molecular weight is 359 g/mol. The third-order valence-corrected chi connectivity index (χ3v) is 4.23. The molecular formula is C17H20F3NO4. The molecule has 0 aromatic heterocycles. The molecule has 2 unspecified atom stereocenters. The second-order valence-corrected chi connectivity index (χ2v) is 6.28. The van der Waals surface area contributed by atoms with Crippen LogP contribution in [0.15, 0.2) is 24.3 Å². The number of ether oxygens (including phenoxy) is 1. The van der Waals surface area contributed by atoms with Gasteiger partial charge in [-0.2, -0.15) is 13.2 Å². The zero-order valence-corrected chi connectivity index (χ0v) is 13.8. The van der Waals surface area contributed by atoms with E-state index in [9.17, 15) is 22.8 Å². The second-order valence-electron chi connectivity index (χ2n) is 6.28. The Labute approximate surface area is 143 Å². The zero-order valence-electron chi connectivity index (χ0n) is 13.8. The topological polar surface area (TPSA) is 66.8 Å². The summed E-state index contributed by atoms with van der Waals surface area (Å²) < 4.78 is 41.3. The van der Waals surface area contributed by atoms with E-state index >= 15 is 0 Å². The number of hydrogen-bond donors (Lipinski definition) is 1. The minimum absolute atomic E-state index is 0.0354. The Bertz CT molecular complexity index is 633. The molecule has 0 aliphatic carbocycles. The number of halogens is 3. The number of piperidine rings is 1. The van der Waals surface area contributed by atoms with Gasteiger partial charge in [0.15, 0.2) is 6.61 Å². The number of rotatable bonds is 5. The fourth-order valence-corrected chi connectivity index (χ4v) is 2.94. The maximum Gasteiger partial charge on any atom is 0.422 e. The van der Waals surface area contributed by atoms with Crippen LogP contribution in [-0.2, 0) is 16.0 Å². The minimum Gasteiger partial charge on any atom is -0.484 e. The van der Waals surface area contributed by atoms with Crippen molar-refractivity contribution in [1.82, 2.24) is 4.90 Å². The van der Waals surface area contributed by atoms with Crippen molar-refractivity contribution in [1.29, 1.82) is 0 Å². The fraction of sp³-hybridized carbons (Fsp3) is 0.529. The Morgan fingerprint density at radius 1 is 1.36 bits per heavy atom. The summed E-state index contributed by atoms with van der Waals surface area (Å²) in [6.07, 6.45) is -3.99. The van der Waals surface area contributed by atoms with E-state index in [4.69, 9.17) is 5.11 Å². The molecule has 2 rings (SSSR count). The summed E-state index contributed by atoms with van der Waals surface area (Å²) in [6.45, 7) is 1.14. The molecule has 0 radical (unpaired) electrons. The van der Waals surface area contributed by atoms with Gasteiger partial charge in [0.25, 0.3) is 0 Å². The first-order valence-corrected chi connectivity index (χ1v) is 7.95. The normalized spacial score (nSPS) is 21.0. The number of likely N-dealkylation sites (tertiary alicyclic amines) is 1. The molecule has 0 saturated carbocycles. The van der Waals surface area contributed by atoms with Crippen LogP contribution in [0.1, 0.15) is 18.9 Å². The lowest BCUT2D eigenvalue weighted by molar-refractivity contribution is -0.153. The highest BCUT2D eigenvalue weighted by molar-refractivity contribution is 5.79. The lowest BCUT2D eigenvalue weighted by atomic mass is 9.87. The molecule has 1 fully saturated rings. The van der Waals surface area contributed by atoms with Gasteiger partial charge in [0.2, 0.25) is 5.91 Å². The second kappa shape index (κ2) is 7.76. The van der Waals surface area contributed by atoms with E-state index in [-0.39, 0.29) is 24.0 Å².